The van der Waals surface area contributed by atoms with E-state index >= 15 is 0 Å². The first-order chi connectivity index (χ1) is 9.49. The van der Waals surface area contributed by atoms with E-state index in [4.69, 9.17) is 0 Å². The normalized spacial score (nSPS) is 24.9. The molecule has 1 aliphatic carbocycles. The monoisotopic (exact) mass is 275 g/mol. The van der Waals surface area contributed by atoms with E-state index in [1.165, 1.54) is 36.8 Å². The van der Waals surface area contributed by atoms with Crippen molar-refractivity contribution in [3.8, 4) is 0 Å². The SMILES string of the molecule is Cc1ccc(C(O)CN(C)C2CCCCC2C)c(C)c1. The van der Waals surface area contributed by atoms with Crippen molar-refractivity contribution in [3.05, 3.63) is 34.9 Å². The third-order valence-electron chi connectivity index (χ3n) is 4.88. The molecule has 2 heteroatoms. The van der Waals surface area contributed by atoms with Gasteiger partial charge in [0, 0.05) is 12.6 Å². The Balaban J connectivity index is 2.01. The van der Waals surface area contributed by atoms with Gasteiger partial charge in [0.15, 0.2) is 0 Å². The second-order valence-electron chi connectivity index (χ2n) is 6.64. The van der Waals surface area contributed by atoms with Crippen molar-refractivity contribution in [1.82, 2.24) is 4.90 Å². The van der Waals surface area contributed by atoms with Crippen LogP contribution in [0.15, 0.2) is 18.2 Å². The second-order valence-corrected chi connectivity index (χ2v) is 6.64. The van der Waals surface area contributed by atoms with Crippen LogP contribution in [-0.4, -0.2) is 29.6 Å². The molecular formula is C18H29NO. The second kappa shape index (κ2) is 6.73. The number of aliphatic hydroxyl groups is 1. The average molecular weight is 275 g/mol. The highest BCUT2D eigenvalue weighted by molar-refractivity contribution is 5.32. The zero-order chi connectivity index (χ0) is 14.7. The van der Waals surface area contributed by atoms with E-state index in [1.807, 2.05) is 0 Å². The van der Waals surface area contributed by atoms with Crippen LogP contribution in [0.3, 0.4) is 0 Å². The van der Waals surface area contributed by atoms with Crippen LogP contribution < -0.4 is 0 Å². The van der Waals surface area contributed by atoms with Crippen molar-refractivity contribution in [2.24, 2.45) is 5.92 Å². The first-order valence-corrected chi connectivity index (χ1v) is 7.94. The average Bonchev–Trinajstić information content (AvgIpc) is 2.38. The molecule has 2 nitrogen and oxygen atoms in total. The number of hydrogen-bond acceptors (Lipinski definition) is 2. The van der Waals surface area contributed by atoms with Gasteiger partial charge in [0.05, 0.1) is 6.10 Å². The van der Waals surface area contributed by atoms with Gasteiger partial charge < -0.3 is 10.0 Å². The highest BCUT2D eigenvalue weighted by atomic mass is 16.3. The van der Waals surface area contributed by atoms with Crippen LogP contribution in [-0.2, 0) is 0 Å². The van der Waals surface area contributed by atoms with Crippen LogP contribution in [0.1, 0.15) is 55.4 Å². The third kappa shape index (κ3) is 3.62. The summed E-state index contributed by atoms with van der Waals surface area (Å²) in [6, 6.07) is 6.95. The van der Waals surface area contributed by atoms with Crippen LogP contribution in [0.2, 0.25) is 0 Å². The molecule has 2 rings (SSSR count). The molecule has 1 aliphatic rings. The molecule has 1 N–H and O–H groups in total. The Hall–Kier alpha value is -0.860. The predicted molar refractivity (Wildman–Crippen MR) is 84.9 cm³/mol. The van der Waals surface area contributed by atoms with Crippen molar-refractivity contribution in [3.63, 3.8) is 0 Å². The van der Waals surface area contributed by atoms with Crippen LogP contribution in [0.4, 0.5) is 0 Å². The molecule has 1 aromatic carbocycles. The largest absolute Gasteiger partial charge is 0.387 e. The molecule has 1 saturated carbocycles. The first-order valence-electron chi connectivity index (χ1n) is 7.94. The lowest BCUT2D eigenvalue weighted by Crippen LogP contribution is -2.41. The van der Waals surface area contributed by atoms with Crippen LogP contribution in [0.25, 0.3) is 0 Å². The van der Waals surface area contributed by atoms with E-state index in [-0.39, 0.29) is 6.10 Å². The standard InChI is InChI=1S/C18H29NO/c1-13-9-10-16(15(3)11-13)18(20)12-19(4)17-8-6-5-7-14(17)2/h9-11,14,17-18,20H,5-8,12H2,1-4H3. The summed E-state index contributed by atoms with van der Waals surface area (Å²) in [4.78, 5) is 2.37. The molecule has 0 aliphatic heterocycles. The van der Waals surface area contributed by atoms with Crippen molar-refractivity contribution < 1.29 is 5.11 Å². The number of aliphatic hydroxyl groups excluding tert-OH is 1. The highest BCUT2D eigenvalue weighted by Crippen LogP contribution is 2.29. The zero-order valence-electron chi connectivity index (χ0n) is 13.4. The Morgan fingerprint density at radius 2 is 1.95 bits per heavy atom. The minimum absolute atomic E-state index is 0.380. The smallest absolute Gasteiger partial charge is 0.0919 e. The van der Waals surface area contributed by atoms with Gasteiger partial charge in [0.2, 0.25) is 0 Å². The number of likely N-dealkylation sites (N-methyl/N-ethyl adjacent to an activating group) is 1. The topological polar surface area (TPSA) is 23.5 Å². The van der Waals surface area contributed by atoms with Crippen molar-refractivity contribution >= 4 is 0 Å². The summed E-state index contributed by atoms with van der Waals surface area (Å²) in [6.07, 6.45) is 4.92. The number of nitrogens with zero attached hydrogens (tertiary/aromatic N) is 1. The molecule has 0 radical (unpaired) electrons. The molecule has 0 spiro atoms. The minimum atomic E-state index is -0.380. The van der Waals surface area contributed by atoms with E-state index in [0.717, 1.165) is 18.0 Å². The summed E-state index contributed by atoms with van der Waals surface area (Å²) in [6.45, 7) is 7.27. The van der Waals surface area contributed by atoms with E-state index in [2.05, 4.69) is 50.9 Å². The molecule has 20 heavy (non-hydrogen) atoms. The molecule has 112 valence electrons. The molecule has 0 heterocycles. The number of benzene rings is 1. The summed E-state index contributed by atoms with van der Waals surface area (Å²) in [5.74, 6) is 0.750. The number of rotatable bonds is 4. The maximum absolute atomic E-state index is 10.5. The van der Waals surface area contributed by atoms with Crippen LogP contribution in [0, 0.1) is 19.8 Å². The third-order valence-corrected chi connectivity index (χ3v) is 4.88. The lowest BCUT2D eigenvalue weighted by molar-refractivity contribution is 0.0707. The Morgan fingerprint density at radius 3 is 2.60 bits per heavy atom. The first kappa shape index (κ1) is 15.5. The van der Waals surface area contributed by atoms with Gasteiger partial charge in [-0.3, -0.25) is 0 Å². The molecular weight excluding hydrogens is 246 g/mol. The Bertz CT molecular complexity index is 443. The molecule has 0 bridgehead atoms. The minimum Gasteiger partial charge on any atom is -0.387 e. The van der Waals surface area contributed by atoms with Crippen molar-refractivity contribution in [1.29, 1.82) is 0 Å². The fourth-order valence-electron chi connectivity index (χ4n) is 3.66. The molecule has 3 unspecified atom stereocenters. The summed E-state index contributed by atoms with van der Waals surface area (Å²) >= 11 is 0. The van der Waals surface area contributed by atoms with Gasteiger partial charge in [-0.05, 0) is 50.8 Å². The van der Waals surface area contributed by atoms with Gasteiger partial charge >= 0.3 is 0 Å². The molecule has 1 aromatic rings. The summed E-state index contributed by atoms with van der Waals surface area (Å²) in [5.41, 5.74) is 3.53. The lowest BCUT2D eigenvalue weighted by atomic mass is 9.85. The van der Waals surface area contributed by atoms with E-state index in [1.54, 1.807) is 0 Å². The van der Waals surface area contributed by atoms with Gasteiger partial charge in [-0.15, -0.1) is 0 Å². The molecule has 0 aromatic heterocycles. The molecule has 0 saturated heterocycles. The van der Waals surface area contributed by atoms with Gasteiger partial charge in [-0.1, -0.05) is 43.5 Å². The quantitative estimate of drug-likeness (QED) is 0.902. The summed E-state index contributed by atoms with van der Waals surface area (Å²) < 4.78 is 0. The lowest BCUT2D eigenvalue weighted by Gasteiger charge is -2.37. The maximum Gasteiger partial charge on any atom is 0.0919 e. The zero-order valence-corrected chi connectivity index (χ0v) is 13.4. The van der Waals surface area contributed by atoms with Crippen LogP contribution >= 0.6 is 0 Å². The van der Waals surface area contributed by atoms with Crippen molar-refractivity contribution in [2.45, 2.75) is 58.6 Å². The number of hydrogen-bond donors (Lipinski definition) is 1. The highest BCUT2D eigenvalue weighted by Gasteiger charge is 2.26. The maximum atomic E-state index is 10.5. The van der Waals surface area contributed by atoms with Gasteiger partial charge in [-0.25, -0.2) is 0 Å². The molecule has 0 amide bonds. The molecule has 3 atom stereocenters. The Labute approximate surface area is 123 Å². The predicted octanol–water partition coefficient (Wildman–Crippen LogP) is 3.85. The fraction of sp³-hybridized carbons (Fsp3) is 0.667. The molecule has 1 fully saturated rings. The van der Waals surface area contributed by atoms with Gasteiger partial charge in [-0.2, -0.15) is 0 Å². The van der Waals surface area contributed by atoms with E-state index in [9.17, 15) is 5.11 Å². The van der Waals surface area contributed by atoms with Gasteiger partial charge in [0.25, 0.3) is 0 Å². The Morgan fingerprint density at radius 1 is 1.25 bits per heavy atom. The van der Waals surface area contributed by atoms with Crippen LogP contribution in [0.5, 0.6) is 0 Å². The fourth-order valence-corrected chi connectivity index (χ4v) is 3.66. The number of aryl methyl sites for hydroxylation is 2. The van der Waals surface area contributed by atoms with Crippen molar-refractivity contribution in [2.75, 3.05) is 13.6 Å². The van der Waals surface area contributed by atoms with E-state index in [0.29, 0.717) is 6.04 Å². The Kier molecular flexibility index (Phi) is 5.22. The van der Waals surface area contributed by atoms with E-state index < -0.39 is 0 Å². The van der Waals surface area contributed by atoms with Gasteiger partial charge in [0.1, 0.15) is 0 Å². The summed E-state index contributed by atoms with van der Waals surface area (Å²) in [7, 11) is 2.17. The summed E-state index contributed by atoms with van der Waals surface area (Å²) in [5, 5.41) is 10.5.